The highest BCUT2D eigenvalue weighted by Gasteiger charge is 2.11. The fourth-order valence-corrected chi connectivity index (χ4v) is 1.92. The van der Waals surface area contributed by atoms with Crippen molar-refractivity contribution in [3.8, 4) is 11.5 Å². The van der Waals surface area contributed by atoms with Gasteiger partial charge >= 0.3 is 0 Å². The Hall–Kier alpha value is -1.75. The van der Waals surface area contributed by atoms with E-state index in [1.165, 1.54) is 0 Å². The lowest BCUT2D eigenvalue weighted by atomic mass is 10.1. The fraction of sp³-hybridized carbons (Fsp3) is 0.533. The predicted octanol–water partition coefficient (Wildman–Crippen LogP) is 1.82. The van der Waals surface area contributed by atoms with Gasteiger partial charge in [0.05, 0.1) is 14.2 Å². The average molecular weight is 281 g/mol. The highest BCUT2D eigenvalue weighted by atomic mass is 16.5. The highest BCUT2D eigenvalue weighted by Crippen LogP contribution is 2.27. The molecule has 0 bridgehead atoms. The topological polar surface area (TPSA) is 59.0 Å². The highest BCUT2D eigenvalue weighted by molar-refractivity contribution is 5.75. The van der Waals surface area contributed by atoms with Crippen LogP contribution in [0.3, 0.4) is 0 Å². The summed E-state index contributed by atoms with van der Waals surface area (Å²) in [7, 11) is 4.96. The zero-order valence-electron chi connectivity index (χ0n) is 12.4. The lowest BCUT2D eigenvalue weighted by molar-refractivity contribution is -0.130. The number of ether oxygens (including phenoxy) is 2. The van der Waals surface area contributed by atoms with Crippen molar-refractivity contribution in [3.05, 3.63) is 23.8 Å². The SMILES string of the molecule is COc1ccc(CN(C)C(=O)CCCCO)cc1OC. The molecule has 0 radical (unpaired) electrons. The number of hydrogen-bond acceptors (Lipinski definition) is 4. The minimum Gasteiger partial charge on any atom is -0.493 e. The molecule has 1 aromatic carbocycles. The lowest BCUT2D eigenvalue weighted by Crippen LogP contribution is -2.25. The Morgan fingerprint density at radius 3 is 2.50 bits per heavy atom. The number of methoxy groups -OCH3 is 2. The van der Waals surface area contributed by atoms with E-state index in [9.17, 15) is 4.79 Å². The molecule has 0 spiro atoms. The summed E-state index contributed by atoms with van der Waals surface area (Å²) >= 11 is 0. The first-order valence-electron chi connectivity index (χ1n) is 6.68. The quantitative estimate of drug-likeness (QED) is 0.738. The zero-order valence-corrected chi connectivity index (χ0v) is 12.4. The van der Waals surface area contributed by atoms with E-state index in [0.717, 1.165) is 5.56 Å². The number of carbonyl (C=O) groups is 1. The van der Waals surface area contributed by atoms with Gasteiger partial charge in [-0.1, -0.05) is 6.07 Å². The van der Waals surface area contributed by atoms with Crippen molar-refractivity contribution in [1.82, 2.24) is 4.90 Å². The summed E-state index contributed by atoms with van der Waals surface area (Å²) in [6, 6.07) is 5.62. The van der Waals surface area contributed by atoms with Gasteiger partial charge in [-0.3, -0.25) is 4.79 Å². The van der Waals surface area contributed by atoms with Crippen LogP contribution in [-0.2, 0) is 11.3 Å². The third-order valence-electron chi connectivity index (χ3n) is 3.09. The van der Waals surface area contributed by atoms with Crippen molar-refractivity contribution in [1.29, 1.82) is 0 Å². The maximum atomic E-state index is 11.9. The van der Waals surface area contributed by atoms with E-state index >= 15 is 0 Å². The molecular weight excluding hydrogens is 258 g/mol. The van der Waals surface area contributed by atoms with E-state index in [1.807, 2.05) is 18.2 Å². The number of hydrogen-bond donors (Lipinski definition) is 1. The molecule has 0 unspecified atom stereocenters. The van der Waals surface area contributed by atoms with Crippen LogP contribution < -0.4 is 9.47 Å². The number of rotatable bonds is 8. The summed E-state index contributed by atoms with van der Waals surface area (Å²) in [5, 5.41) is 8.71. The van der Waals surface area contributed by atoms with Gasteiger partial charge in [0, 0.05) is 26.6 Å². The minimum atomic E-state index is 0.0771. The molecule has 0 heterocycles. The van der Waals surface area contributed by atoms with Crippen LogP contribution in [0.2, 0.25) is 0 Å². The van der Waals surface area contributed by atoms with Crippen molar-refractivity contribution >= 4 is 5.91 Å². The second kappa shape index (κ2) is 8.43. The van der Waals surface area contributed by atoms with Crippen molar-refractivity contribution in [3.63, 3.8) is 0 Å². The monoisotopic (exact) mass is 281 g/mol. The summed E-state index contributed by atoms with van der Waals surface area (Å²) in [5.41, 5.74) is 0.987. The zero-order chi connectivity index (χ0) is 15.0. The minimum absolute atomic E-state index is 0.0771. The van der Waals surface area contributed by atoms with Gasteiger partial charge in [-0.15, -0.1) is 0 Å². The van der Waals surface area contributed by atoms with Crippen LogP contribution in [0.25, 0.3) is 0 Å². The lowest BCUT2D eigenvalue weighted by Gasteiger charge is -2.18. The molecule has 5 heteroatoms. The third-order valence-corrected chi connectivity index (χ3v) is 3.09. The van der Waals surface area contributed by atoms with Gasteiger partial charge in [0.1, 0.15) is 0 Å². The number of benzene rings is 1. The first kappa shape index (κ1) is 16.3. The van der Waals surface area contributed by atoms with Crippen molar-refractivity contribution in [2.45, 2.75) is 25.8 Å². The molecule has 112 valence electrons. The van der Waals surface area contributed by atoms with Gasteiger partial charge in [-0.2, -0.15) is 0 Å². The molecular formula is C15H23NO4. The van der Waals surface area contributed by atoms with Crippen molar-refractivity contribution in [2.75, 3.05) is 27.9 Å². The average Bonchev–Trinajstić information content (AvgIpc) is 2.47. The van der Waals surface area contributed by atoms with E-state index < -0.39 is 0 Å². The summed E-state index contributed by atoms with van der Waals surface area (Å²) < 4.78 is 10.4. The summed E-state index contributed by atoms with van der Waals surface area (Å²) in [4.78, 5) is 13.6. The van der Waals surface area contributed by atoms with Crippen molar-refractivity contribution < 1.29 is 19.4 Å². The van der Waals surface area contributed by atoms with E-state index in [2.05, 4.69) is 0 Å². The van der Waals surface area contributed by atoms with Crippen LogP contribution in [0.15, 0.2) is 18.2 Å². The maximum absolute atomic E-state index is 11.9. The molecule has 0 saturated heterocycles. The molecule has 0 aliphatic carbocycles. The molecule has 5 nitrogen and oxygen atoms in total. The molecule has 1 N–H and O–H groups in total. The standard InChI is InChI=1S/C15H23NO4/c1-16(15(18)6-4-5-9-17)11-12-7-8-13(19-2)14(10-12)20-3/h7-8,10,17H,4-6,9,11H2,1-3H3. The van der Waals surface area contributed by atoms with E-state index in [4.69, 9.17) is 14.6 Å². The van der Waals surface area contributed by atoms with Crippen LogP contribution >= 0.6 is 0 Å². The molecule has 0 aliphatic heterocycles. The van der Waals surface area contributed by atoms with Gasteiger partial charge in [0.25, 0.3) is 0 Å². The fourth-order valence-electron chi connectivity index (χ4n) is 1.92. The Kier molecular flexibility index (Phi) is 6.87. The molecule has 0 aliphatic rings. The predicted molar refractivity (Wildman–Crippen MR) is 77.0 cm³/mol. The second-order valence-electron chi connectivity index (χ2n) is 4.62. The van der Waals surface area contributed by atoms with Crippen LogP contribution in [0, 0.1) is 0 Å². The number of unbranched alkanes of at least 4 members (excludes halogenated alkanes) is 1. The molecule has 0 atom stereocenters. The number of aliphatic hydroxyl groups excluding tert-OH is 1. The summed E-state index contributed by atoms with van der Waals surface area (Å²) in [6.07, 6.45) is 1.84. The van der Waals surface area contributed by atoms with Gasteiger partial charge < -0.3 is 19.5 Å². The summed E-state index contributed by atoms with van der Waals surface area (Å²) in [6.45, 7) is 0.658. The van der Waals surface area contributed by atoms with Gasteiger partial charge in [0.2, 0.25) is 5.91 Å². The first-order chi connectivity index (χ1) is 9.62. The van der Waals surface area contributed by atoms with Gasteiger partial charge in [-0.05, 0) is 30.5 Å². The van der Waals surface area contributed by atoms with Crippen molar-refractivity contribution in [2.24, 2.45) is 0 Å². The largest absolute Gasteiger partial charge is 0.493 e. The molecule has 1 rings (SSSR count). The third kappa shape index (κ3) is 4.74. The molecule has 1 aromatic rings. The smallest absolute Gasteiger partial charge is 0.222 e. The number of carbonyl (C=O) groups excluding carboxylic acids is 1. The maximum Gasteiger partial charge on any atom is 0.222 e. The van der Waals surface area contributed by atoms with E-state index in [0.29, 0.717) is 37.3 Å². The number of nitrogens with zero attached hydrogens (tertiary/aromatic N) is 1. The van der Waals surface area contributed by atoms with Crippen LogP contribution in [-0.4, -0.2) is 43.8 Å². The van der Waals surface area contributed by atoms with Crippen LogP contribution in [0.5, 0.6) is 11.5 Å². The van der Waals surface area contributed by atoms with E-state index in [1.54, 1.807) is 26.2 Å². The molecule has 0 aromatic heterocycles. The normalized spacial score (nSPS) is 10.2. The Balaban J connectivity index is 2.61. The molecule has 1 amide bonds. The Morgan fingerprint density at radius 2 is 1.90 bits per heavy atom. The Morgan fingerprint density at radius 1 is 1.20 bits per heavy atom. The summed E-state index contributed by atoms with van der Waals surface area (Å²) in [5.74, 6) is 1.41. The van der Waals surface area contributed by atoms with E-state index in [-0.39, 0.29) is 12.5 Å². The second-order valence-corrected chi connectivity index (χ2v) is 4.62. The number of amides is 1. The van der Waals surface area contributed by atoms with Crippen LogP contribution in [0.4, 0.5) is 0 Å². The Bertz CT molecular complexity index is 434. The van der Waals surface area contributed by atoms with Crippen LogP contribution in [0.1, 0.15) is 24.8 Å². The molecule has 0 saturated carbocycles. The van der Waals surface area contributed by atoms with Gasteiger partial charge in [0.15, 0.2) is 11.5 Å². The molecule has 20 heavy (non-hydrogen) atoms. The van der Waals surface area contributed by atoms with Gasteiger partial charge in [-0.25, -0.2) is 0 Å². The first-order valence-corrected chi connectivity index (χ1v) is 6.68. The molecule has 0 fully saturated rings. The number of aliphatic hydroxyl groups is 1. The Labute approximate surface area is 120 Å².